The second kappa shape index (κ2) is 11.2. The van der Waals surface area contributed by atoms with E-state index in [1.807, 2.05) is 0 Å². The van der Waals surface area contributed by atoms with E-state index in [1.165, 1.54) is 25.3 Å². The fraction of sp³-hybridized carbons (Fsp3) is 0.316. The van der Waals surface area contributed by atoms with Gasteiger partial charge < -0.3 is 4.74 Å². The predicted octanol–water partition coefficient (Wildman–Crippen LogP) is 6.38. The van der Waals surface area contributed by atoms with Gasteiger partial charge in [-0.25, -0.2) is 4.79 Å². The number of esters is 1. The molecular formula is C19H22F3NO4S. The highest BCUT2D eigenvalue weighted by atomic mass is 32.1. The summed E-state index contributed by atoms with van der Waals surface area (Å²) in [6.45, 7) is 11.1. The number of halogens is 3. The van der Waals surface area contributed by atoms with Crippen LogP contribution < -0.4 is 0 Å². The Bertz CT molecular complexity index is 801. The van der Waals surface area contributed by atoms with Crippen LogP contribution in [0.3, 0.4) is 0 Å². The van der Waals surface area contributed by atoms with Crippen molar-refractivity contribution in [3.63, 3.8) is 0 Å². The van der Waals surface area contributed by atoms with Crippen molar-refractivity contribution in [2.24, 2.45) is 0 Å². The number of aryl methyl sites for hydroxylation is 1. The number of thiophene rings is 1. The highest BCUT2D eigenvalue weighted by Crippen LogP contribution is 2.34. The quantitative estimate of drug-likeness (QED) is 0.251. The standard InChI is InChI=1S/C10H11F3.C7H7NO4S.C2H4/c1-7(2)8-5-3-4-6-9(8)10(11,12)13;1-4-3-5(8(10)11)13-6(4)7(9)12-2;1-2/h3-7H,1-2H3;3H,1-2H3;1-2H2. The number of nitrogens with zero attached hydrogens (tertiary/aromatic N) is 1. The van der Waals surface area contributed by atoms with Crippen LogP contribution in [0.15, 0.2) is 43.5 Å². The second-order valence-corrected chi connectivity index (χ2v) is 6.62. The number of rotatable bonds is 3. The Kier molecular flexibility index (Phi) is 10.2. The molecule has 28 heavy (non-hydrogen) atoms. The van der Waals surface area contributed by atoms with Crippen LogP contribution in [0.5, 0.6) is 0 Å². The topological polar surface area (TPSA) is 69.4 Å². The number of carbonyl (C=O) groups excluding carboxylic acids is 1. The normalized spacial score (nSPS) is 10.3. The first-order valence-electron chi connectivity index (χ1n) is 7.98. The molecule has 1 aromatic carbocycles. The van der Waals surface area contributed by atoms with E-state index in [-0.39, 0.29) is 15.8 Å². The minimum absolute atomic E-state index is 0.0436. The summed E-state index contributed by atoms with van der Waals surface area (Å²) in [6.07, 6.45) is -4.24. The van der Waals surface area contributed by atoms with Gasteiger partial charge in [0, 0.05) is 6.07 Å². The zero-order valence-corrected chi connectivity index (χ0v) is 16.8. The van der Waals surface area contributed by atoms with Crippen molar-refractivity contribution < 1.29 is 27.6 Å². The zero-order chi connectivity index (χ0) is 22.1. The Hall–Kier alpha value is -2.68. The summed E-state index contributed by atoms with van der Waals surface area (Å²) in [5, 5.41) is 10.3. The van der Waals surface area contributed by atoms with Crippen molar-refractivity contribution >= 4 is 22.3 Å². The van der Waals surface area contributed by atoms with E-state index in [0.717, 1.165) is 17.4 Å². The lowest BCUT2D eigenvalue weighted by Crippen LogP contribution is -2.09. The van der Waals surface area contributed by atoms with Crippen LogP contribution in [0.25, 0.3) is 0 Å². The SMILES string of the molecule is C=C.CC(C)c1ccccc1C(F)(F)F.COC(=O)c1sc([N+](=O)[O-])cc1C. The molecule has 0 aliphatic heterocycles. The largest absolute Gasteiger partial charge is 0.465 e. The van der Waals surface area contributed by atoms with E-state index in [0.29, 0.717) is 11.1 Å². The molecule has 0 saturated heterocycles. The van der Waals surface area contributed by atoms with Crippen molar-refractivity contribution in [2.75, 3.05) is 7.11 Å². The minimum Gasteiger partial charge on any atom is -0.465 e. The van der Waals surface area contributed by atoms with Gasteiger partial charge in [0.25, 0.3) is 0 Å². The average Bonchev–Trinajstić information content (AvgIpc) is 3.04. The summed E-state index contributed by atoms with van der Waals surface area (Å²) in [4.78, 5) is 21.1. The molecule has 0 N–H and O–H groups in total. The number of methoxy groups -OCH3 is 1. The molecule has 2 rings (SSSR count). The van der Waals surface area contributed by atoms with Gasteiger partial charge in [-0.15, -0.1) is 13.2 Å². The van der Waals surface area contributed by atoms with Crippen LogP contribution in [-0.2, 0) is 10.9 Å². The predicted molar refractivity (Wildman–Crippen MR) is 104 cm³/mol. The van der Waals surface area contributed by atoms with Crippen LogP contribution in [0.1, 0.15) is 46.1 Å². The van der Waals surface area contributed by atoms with Gasteiger partial charge in [0.1, 0.15) is 4.88 Å². The number of ether oxygens (including phenoxy) is 1. The molecule has 0 aliphatic carbocycles. The third kappa shape index (κ3) is 7.15. The Balaban J connectivity index is 0.000000478. The number of carbonyl (C=O) groups is 1. The number of hydrogen-bond donors (Lipinski definition) is 0. The molecule has 154 valence electrons. The van der Waals surface area contributed by atoms with Crippen molar-refractivity contribution in [3.05, 3.63) is 75.2 Å². The summed E-state index contributed by atoms with van der Waals surface area (Å²) >= 11 is 0.827. The molecule has 0 amide bonds. The van der Waals surface area contributed by atoms with Crippen LogP contribution in [0.4, 0.5) is 18.2 Å². The first kappa shape index (κ1) is 25.3. The minimum atomic E-state index is -4.24. The second-order valence-electron chi connectivity index (χ2n) is 5.59. The van der Waals surface area contributed by atoms with Gasteiger partial charge in [0.15, 0.2) is 0 Å². The van der Waals surface area contributed by atoms with Gasteiger partial charge in [0.2, 0.25) is 0 Å². The van der Waals surface area contributed by atoms with Gasteiger partial charge in [-0.1, -0.05) is 43.4 Å². The number of alkyl halides is 3. The van der Waals surface area contributed by atoms with E-state index in [4.69, 9.17) is 0 Å². The van der Waals surface area contributed by atoms with Gasteiger partial charge in [-0.2, -0.15) is 13.2 Å². The molecule has 0 spiro atoms. The molecule has 0 radical (unpaired) electrons. The summed E-state index contributed by atoms with van der Waals surface area (Å²) in [6, 6.07) is 7.04. The van der Waals surface area contributed by atoms with Crippen molar-refractivity contribution in [1.82, 2.24) is 0 Å². The smallest absolute Gasteiger partial charge is 0.416 e. The Morgan fingerprint density at radius 1 is 1.25 bits per heavy atom. The zero-order valence-electron chi connectivity index (χ0n) is 16.0. The van der Waals surface area contributed by atoms with Crippen LogP contribution in [0, 0.1) is 17.0 Å². The van der Waals surface area contributed by atoms with Crippen LogP contribution in [-0.4, -0.2) is 18.0 Å². The van der Waals surface area contributed by atoms with Crippen molar-refractivity contribution in [2.45, 2.75) is 32.9 Å². The molecule has 9 heteroatoms. The lowest BCUT2D eigenvalue weighted by atomic mass is 9.97. The van der Waals surface area contributed by atoms with E-state index >= 15 is 0 Å². The highest BCUT2D eigenvalue weighted by Gasteiger charge is 2.33. The van der Waals surface area contributed by atoms with E-state index < -0.39 is 22.6 Å². The fourth-order valence-corrected chi connectivity index (χ4v) is 3.02. The van der Waals surface area contributed by atoms with Gasteiger partial charge in [-0.05, 0) is 30.0 Å². The molecule has 2 aromatic rings. The van der Waals surface area contributed by atoms with Gasteiger partial charge in [0.05, 0.1) is 17.6 Å². The van der Waals surface area contributed by atoms with E-state index in [2.05, 4.69) is 17.9 Å². The number of nitro groups is 1. The highest BCUT2D eigenvalue weighted by molar-refractivity contribution is 7.17. The molecule has 1 heterocycles. The maximum atomic E-state index is 12.4. The van der Waals surface area contributed by atoms with Crippen LogP contribution in [0.2, 0.25) is 0 Å². The Labute approximate surface area is 165 Å². The lowest BCUT2D eigenvalue weighted by Gasteiger charge is -2.14. The first-order valence-corrected chi connectivity index (χ1v) is 8.80. The van der Waals surface area contributed by atoms with E-state index in [1.54, 1.807) is 26.8 Å². The summed E-state index contributed by atoms with van der Waals surface area (Å²) in [5.41, 5.74) is 0.406. The molecular weight excluding hydrogens is 395 g/mol. The summed E-state index contributed by atoms with van der Waals surface area (Å²) < 4.78 is 41.7. The third-order valence-electron chi connectivity index (χ3n) is 3.34. The first-order chi connectivity index (χ1) is 13.0. The maximum absolute atomic E-state index is 12.4. The Morgan fingerprint density at radius 3 is 2.14 bits per heavy atom. The molecule has 0 aliphatic rings. The van der Waals surface area contributed by atoms with Crippen LogP contribution >= 0.6 is 11.3 Å². The van der Waals surface area contributed by atoms with Gasteiger partial charge in [-0.3, -0.25) is 10.1 Å². The summed E-state index contributed by atoms with van der Waals surface area (Å²) in [5.74, 6) is -0.631. The third-order valence-corrected chi connectivity index (χ3v) is 4.51. The van der Waals surface area contributed by atoms with Crippen molar-refractivity contribution in [1.29, 1.82) is 0 Å². The molecule has 1 aromatic heterocycles. The molecule has 0 atom stereocenters. The number of hydrogen-bond acceptors (Lipinski definition) is 5. The fourth-order valence-electron chi connectivity index (χ4n) is 2.11. The average molecular weight is 417 g/mol. The van der Waals surface area contributed by atoms with Crippen molar-refractivity contribution in [3.8, 4) is 0 Å². The summed E-state index contributed by atoms with van der Waals surface area (Å²) in [7, 11) is 1.24. The monoisotopic (exact) mass is 417 g/mol. The molecule has 5 nitrogen and oxygen atoms in total. The van der Waals surface area contributed by atoms with Gasteiger partial charge >= 0.3 is 17.1 Å². The van der Waals surface area contributed by atoms with E-state index in [9.17, 15) is 28.1 Å². The Morgan fingerprint density at radius 2 is 1.79 bits per heavy atom. The molecule has 0 fully saturated rings. The maximum Gasteiger partial charge on any atom is 0.416 e. The lowest BCUT2D eigenvalue weighted by molar-refractivity contribution is -0.380. The number of benzene rings is 1. The molecule has 0 bridgehead atoms. The molecule has 0 unspecified atom stereocenters. The molecule has 0 saturated carbocycles.